The van der Waals surface area contributed by atoms with Crippen LogP contribution in [0.2, 0.25) is 0 Å². The maximum absolute atomic E-state index is 10.5. The van der Waals surface area contributed by atoms with Crippen LogP contribution in [0.1, 0.15) is 12.8 Å². The van der Waals surface area contributed by atoms with Crippen LogP contribution < -0.4 is 15.6 Å². The highest BCUT2D eigenvalue weighted by atomic mass is 32.2. The van der Waals surface area contributed by atoms with Crippen LogP contribution in [0, 0.1) is 0 Å². The fourth-order valence-electron chi connectivity index (χ4n) is 1.20. The van der Waals surface area contributed by atoms with Gasteiger partial charge in [-0.15, -0.1) is 0 Å². The fourth-order valence-corrected chi connectivity index (χ4v) is 1.61. The molecule has 1 heterocycles. The minimum atomic E-state index is -3.60. The first-order valence-electron chi connectivity index (χ1n) is 4.12. The lowest BCUT2D eigenvalue weighted by Crippen LogP contribution is -2.42. The van der Waals surface area contributed by atoms with Gasteiger partial charge in [-0.3, -0.25) is 0 Å². The Morgan fingerprint density at radius 3 is 2.62 bits per heavy atom. The summed E-state index contributed by atoms with van der Waals surface area (Å²) in [7, 11) is -3.60. The number of hydrogen-bond donors (Lipinski definition) is 3. The summed E-state index contributed by atoms with van der Waals surface area (Å²) in [6.45, 7) is 0.711. The molecule has 0 spiro atoms. The summed E-state index contributed by atoms with van der Waals surface area (Å²) >= 11 is 0. The molecule has 1 aliphatic rings. The minimum Gasteiger partial charge on any atom is -0.375 e. The summed E-state index contributed by atoms with van der Waals surface area (Å²) in [6.07, 6.45) is 1.53. The van der Waals surface area contributed by atoms with Crippen molar-refractivity contribution in [2.45, 2.75) is 25.0 Å². The monoisotopic (exact) mass is 209 g/mol. The van der Waals surface area contributed by atoms with E-state index in [4.69, 9.17) is 15.6 Å². The number of nitrogens with one attached hydrogen (secondary N) is 1. The number of ether oxygens (including phenoxy) is 1. The Balaban J connectivity index is 2.24. The van der Waals surface area contributed by atoms with E-state index in [0.29, 0.717) is 6.61 Å². The second-order valence-corrected chi connectivity index (χ2v) is 4.56. The van der Waals surface area contributed by atoms with Crippen LogP contribution in [0.4, 0.5) is 0 Å². The largest absolute Gasteiger partial charge is 0.375 e. The summed E-state index contributed by atoms with van der Waals surface area (Å²) in [5.74, 6) is 0. The van der Waals surface area contributed by atoms with Gasteiger partial charge < -0.3 is 10.5 Å². The first kappa shape index (κ1) is 10.9. The molecule has 0 radical (unpaired) electrons. The van der Waals surface area contributed by atoms with Crippen molar-refractivity contribution in [3.05, 3.63) is 0 Å². The van der Waals surface area contributed by atoms with Crippen LogP contribution in [-0.2, 0) is 14.9 Å². The Morgan fingerprint density at radius 2 is 2.15 bits per heavy atom. The second-order valence-electron chi connectivity index (χ2n) is 3.19. The first-order valence-corrected chi connectivity index (χ1v) is 5.66. The Kier molecular flexibility index (Phi) is 3.63. The van der Waals surface area contributed by atoms with Crippen LogP contribution in [0.25, 0.3) is 0 Å². The third kappa shape index (κ3) is 4.53. The topological polar surface area (TPSA) is 107 Å². The first-order chi connectivity index (χ1) is 5.97. The van der Waals surface area contributed by atoms with E-state index in [-0.39, 0.29) is 18.7 Å². The van der Waals surface area contributed by atoms with Gasteiger partial charge in [0.25, 0.3) is 10.2 Å². The van der Waals surface area contributed by atoms with E-state index in [9.17, 15) is 8.42 Å². The van der Waals surface area contributed by atoms with Crippen molar-refractivity contribution >= 4 is 10.2 Å². The van der Waals surface area contributed by atoms with Gasteiger partial charge in [0.1, 0.15) is 0 Å². The maximum Gasteiger partial charge on any atom is 0.274 e. The molecule has 6 nitrogen and oxygen atoms in total. The lowest BCUT2D eigenvalue weighted by atomic mass is 10.1. The van der Waals surface area contributed by atoms with Gasteiger partial charge in [-0.2, -0.15) is 13.1 Å². The van der Waals surface area contributed by atoms with E-state index in [1.54, 1.807) is 0 Å². The quantitative estimate of drug-likeness (QED) is 0.514. The average Bonchev–Trinajstić information content (AvgIpc) is 2.02. The van der Waals surface area contributed by atoms with Crippen LogP contribution in [0.3, 0.4) is 0 Å². The van der Waals surface area contributed by atoms with E-state index < -0.39 is 10.2 Å². The molecule has 1 rings (SSSR count). The van der Waals surface area contributed by atoms with Crippen LogP contribution in [0.5, 0.6) is 0 Å². The standard InChI is InChI=1S/C6H15N3O3S/c7-5-1-2-6(12-4-5)3-9-13(8,10)11/h5-6,9H,1-4,7H2,(H2,8,10,11)/t5-,6+/m1/s1. The Morgan fingerprint density at radius 1 is 1.46 bits per heavy atom. The molecule has 0 unspecified atom stereocenters. The minimum absolute atomic E-state index is 0.0748. The highest BCUT2D eigenvalue weighted by Gasteiger charge is 2.19. The Hall–Kier alpha value is -0.210. The molecule has 1 aliphatic heterocycles. The number of hydrogen-bond acceptors (Lipinski definition) is 4. The van der Waals surface area contributed by atoms with Crippen molar-refractivity contribution < 1.29 is 13.2 Å². The van der Waals surface area contributed by atoms with Gasteiger partial charge in [0.2, 0.25) is 0 Å². The van der Waals surface area contributed by atoms with Crippen molar-refractivity contribution in [2.24, 2.45) is 10.9 Å². The molecule has 0 aliphatic carbocycles. The molecule has 1 saturated heterocycles. The van der Waals surface area contributed by atoms with E-state index in [2.05, 4.69) is 4.72 Å². The molecule has 5 N–H and O–H groups in total. The summed E-state index contributed by atoms with van der Waals surface area (Å²) in [5.41, 5.74) is 5.59. The molecule has 0 aromatic heterocycles. The lowest BCUT2D eigenvalue weighted by molar-refractivity contribution is 0.00924. The number of rotatable bonds is 3. The molecule has 7 heteroatoms. The molecule has 0 saturated carbocycles. The SMILES string of the molecule is N[C@@H]1CC[C@@H](CNS(N)(=O)=O)OC1. The van der Waals surface area contributed by atoms with Crippen molar-refractivity contribution in [2.75, 3.05) is 13.2 Å². The maximum atomic E-state index is 10.5. The normalized spacial score (nSPS) is 30.3. The van der Waals surface area contributed by atoms with Crippen LogP contribution >= 0.6 is 0 Å². The summed E-state index contributed by atoms with van der Waals surface area (Å²) in [4.78, 5) is 0. The van der Waals surface area contributed by atoms with E-state index in [0.717, 1.165) is 12.8 Å². The van der Waals surface area contributed by atoms with Crippen molar-refractivity contribution in [1.82, 2.24) is 4.72 Å². The van der Waals surface area contributed by atoms with Crippen molar-refractivity contribution in [3.8, 4) is 0 Å². The Bertz CT molecular complexity index is 246. The van der Waals surface area contributed by atoms with Gasteiger partial charge in [-0.1, -0.05) is 0 Å². The lowest BCUT2D eigenvalue weighted by Gasteiger charge is -2.26. The second kappa shape index (κ2) is 4.34. The number of nitrogens with two attached hydrogens (primary N) is 2. The van der Waals surface area contributed by atoms with Gasteiger partial charge in [-0.25, -0.2) is 5.14 Å². The molecular formula is C6H15N3O3S. The molecule has 78 valence electrons. The predicted octanol–water partition coefficient (Wildman–Crippen LogP) is -1.71. The zero-order valence-electron chi connectivity index (χ0n) is 7.27. The van der Waals surface area contributed by atoms with Gasteiger partial charge >= 0.3 is 0 Å². The van der Waals surface area contributed by atoms with E-state index in [1.165, 1.54) is 0 Å². The zero-order chi connectivity index (χ0) is 9.90. The predicted molar refractivity (Wildman–Crippen MR) is 48.1 cm³/mol. The summed E-state index contributed by atoms with van der Waals surface area (Å²) < 4.78 is 28.5. The summed E-state index contributed by atoms with van der Waals surface area (Å²) in [6, 6.07) is 0.0748. The molecule has 2 atom stereocenters. The highest BCUT2D eigenvalue weighted by molar-refractivity contribution is 7.87. The third-order valence-electron chi connectivity index (χ3n) is 1.92. The van der Waals surface area contributed by atoms with Gasteiger partial charge in [0.15, 0.2) is 0 Å². The highest BCUT2D eigenvalue weighted by Crippen LogP contribution is 2.11. The van der Waals surface area contributed by atoms with Crippen LogP contribution in [0.15, 0.2) is 0 Å². The molecule has 0 aromatic rings. The molecule has 13 heavy (non-hydrogen) atoms. The average molecular weight is 209 g/mol. The summed E-state index contributed by atoms with van der Waals surface area (Å²) in [5, 5.41) is 4.76. The van der Waals surface area contributed by atoms with E-state index >= 15 is 0 Å². The third-order valence-corrected chi connectivity index (χ3v) is 2.49. The van der Waals surface area contributed by atoms with Crippen LogP contribution in [-0.4, -0.2) is 33.7 Å². The van der Waals surface area contributed by atoms with Gasteiger partial charge in [0, 0.05) is 12.6 Å². The zero-order valence-corrected chi connectivity index (χ0v) is 8.09. The fraction of sp³-hybridized carbons (Fsp3) is 1.00. The smallest absolute Gasteiger partial charge is 0.274 e. The van der Waals surface area contributed by atoms with Crippen molar-refractivity contribution in [3.63, 3.8) is 0 Å². The van der Waals surface area contributed by atoms with Gasteiger partial charge in [0.05, 0.1) is 12.7 Å². The van der Waals surface area contributed by atoms with Crippen molar-refractivity contribution in [1.29, 1.82) is 0 Å². The molecular weight excluding hydrogens is 194 g/mol. The molecule has 0 aromatic carbocycles. The molecule has 1 fully saturated rings. The molecule has 0 bridgehead atoms. The van der Waals surface area contributed by atoms with E-state index in [1.807, 2.05) is 0 Å². The van der Waals surface area contributed by atoms with Gasteiger partial charge in [-0.05, 0) is 12.8 Å². The Labute approximate surface area is 77.8 Å². The molecule has 0 amide bonds.